The minimum Gasteiger partial charge on any atom is -0.497 e. The Bertz CT molecular complexity index is 1130. The van der Waals surface area contributed by atoms with E-state index in [1.165, 1.54) is 18.2 Å². The van der Waals surface area contributed by atoms with Gasteiger partial charge in [0, 0.05) is 25.5 Å². The molecule has 0 fully saturated rings. The van der Waals surface area contributed by atoms with E-state index in [2.05, 4.69) is 9.97 Å². The second-order valence-corrected chi connectivity index (χ2v) is 10.6. The molecule has 0 aliphatic heterocycles. The molecule has 0 amide bonds. The summed E-state index contributed by atoms with van der Waals surface area (Å²) in [4.78, 5) is 8.36. The molecule has 0 spiro atoms. The highest BCUT2D eigenvalue weighted by Crippen LogP contribution is 2.30. The number of ether oxygens (including phenoxy) is 2. The molecule has 34 heavy (non-hydrogen) atoms. The molecule has 0 saturated heterocycles. The lowest BCUT2D eigenvalue weighted by Crippen LogP contribution is -2.47. The molecule has 0 radical (unpaired) electrons. The van der Waals surface area contributed by atoms with Crippen molar-refractivity contribution in [2.45, 2.75) is 44.7 Å². The van der Waals surface area contributed by atoms with Crippen molar-refractivity contribution in [2.75, 3.05) is 14.2 Å². The number of aromatic nitrogens is 2. The van der Waals surface area contributed by atoms with E-state index >= 15 is 0 Å². The van der Waals surface area contributed by atoms with Crippen molar-refractivity contribution in [2.24, 2.45) is 0 Å². The van der Waals surface area contributed by atoms with Crippen LogP contribution in [0.3, 0.4) is 0 Å². The number of rotatable bonds is 10. The number of methoxy groups -OCH3 is 2. The Kier molecular flexibility index (Phi) is 7.91. The summed E-state index contributed by atoms with van der Waals surface area (Å²) in [6.07, 6.45) is 3.12. The third kappa shape index (κ3) is 5.72. The zero-order valence-electron chi connectivity index (χ0n) is 20.1. The Balaban J connectivity index is 1.96. The highest BCUT2D eigenvalue weighted by molar-refractivity contribution is 7.89. The second kappa shape index (κ2) is 10.5. The number of hydrogen-bond donors (Lipinski definition) is 1. The van der Waals surface area contributed by atoms with Gasteiger partial charge in [-0.3, -0.25) is 0 Å². The molecule has 0 saturated carbocycles. The summed E-state index contributed by atoms with van der Waals surface area (Å²) >= 11 is 0. The van der Waals surface area contributed by atoms with E-state index in [0.717, 1.165) is 16.7 Å². The largest absolute Gasteiger partial charge is 0.497 e. The van der Waals surface area contributed by atoms with Gasteiger partial charge in [0.1, 0.15) is 22.4 Å². The van der Waals surface area contributed by atoms with Gasteiger partial charge in [-0.05, 0) is 61.7 Å². The monoisotopic (exact) mass is 485 g/mol. The van der Waals surface area contributed by atoms with Crippen LogP contribution in [0.25, 0.3) is 0 Å². The van der Waals surface area contributed by atoms with E-state index < -0.39 is 20.9 Å². The molecule has 0 unspecified atom stereocenters. The molecule has 9 heteroatoms. The Morgan fingerprint density at radius 3 is 1.71 bits per heavy atom. The number of sulfonamides is 1. The van der Waals surface area contributed by atoms with Gasteiger partial charge >= 0.3 is 0 Å². The average Bonchev–Trinajstić information content (AvgIpc) is 2.84. The lowest BCUT2D eigenvalue weighted by atomic mass is 10.0. The van der Waals surface area contributed by atoms with Gasteiger partial charge in [-0.2, -0.15) is 4.31 Å². The molecule has 1 heterocycles. The molecule has 8 nitrogen and oxygen atoms in total. The second-order valence-electron chi connectivity index (χ2n) is 8.38. The zero-order chi connectivity index (χ0) is 24.9. The maximum absolute atomic E-state index is 13.8. The Morgan fingerprint density at radius 1 is 0.912 bits per heavy atom. The molecule has 2 atom stereocenters. The lowest BCUT2D eigenvalue weighted by molar-refractivity contribution is 0.0450. The normalized spacial score (nSPS) is 14.4. The zero-order valence-corrected chi connectivity index (χ0v) is 20.9. The van der Waals surface area contributed by atoms with Crippen LogP contribution in [0.1, 0.15) is 36.4 Å². The first-order valence-electron chi connectivity index (χ1n) is 10.8. The van der Waals surface area contributed by atoms with Crippen molar-refractivity contribution in [3.05, 3.63) is 83.4 Å². The minimum atomic E-state index is -4.00. The van der Waals surface area contributed by atoms with Crippen molar-refractivity contribution in [1.82, 2.24) is 14.3 Å². The van der Waals surface area contributed by atoms with Crippen molar-refractivity contribution in [1.29, 1.82) is 0 Å². The van der Waals surface area contributed by atoms with Crippen LogP contribution in [0, 0.1) is 6.92 Å². The predicted octanol–water partition coefficient (Wildman–Crippen LogP) is 3.43. The van der Waals surface area contributed by atoms with E-state index in [0.29, 0.717) is 11.5 Å². The van der Waals surface area contributed by atoms with E-state index in [1.54, 1.807) is 50.9 Å². The summed E-state index contributed by atoms with van der Waals surface area (Å²) in [6.45, 7) is 4.97. The van der Waals surface area contributed by atoms with Crippen LogP contribution in [-0.4, -0.2) is 47.3 Å². The number of hydrogen-bond acceptors (Lipinski definition) is 7. The number of nitrogens with zero attached hydrogens (tertiary/aromatic N) is 3. The predicted molar refractivity (Wildman–Crippen MR) is 130 cm³/mol. The summed E-state index contributed by atoms with van der Waals surface area (Å²) in [7, 11) is -0.852. The van der Waals surface area contributed by atoms with Gasteiger partial charge in [0.05, 0.1) is 14.2 Å². The average molecular weight is 486 g/mol. The van der Waals surface area contributed by atoms with Crippen LogP contribution >= 0.6 is 0 Å². The van der Waals surface area contributed by atoms with Gasteiger partial charge < -0.3 is 14.6 Å². The lowest BCUT2D eigenvalue weighted by Gasteiger charge is -2.33. The third-order valence-electron chi connectivity index (χ3n) is 5.87. The summed E-state index contributed by atoms with van der Waals surface area (Å²) in [5.41, 5.74) is 0.591. The first kappa shape index (κ1) is 25.6. The van der Waals surface area contributed by atoms with Crippen LogP contribution in [-0.2, 0) is 28.7 Å². The quantitative estimate of drug-likeness (QED) is 0.469. The van der Waals surface area contributed by atoms with Crippen molar-refractivity contribution in [3.63, 3.8) is 0 Å². The van der Waals surface area contributed by atoms with Gasteiger partial charge in [0.2, 0.25) is 10.0 Å². The number of benzene rings is 2. The molecule has 3 aromatic rings. The van der Waals surface area contributed by atoms with Crippen molar-refractivity contribution >= 4 is 10.0 Å². The van der Waals surface area contributed by atoms with Crippen LogP contribution in [0.4, 0.5) is 0 Å². The van der Waals surface area contributed by atoms with Crippen LogP contribution in [0.15, 0.2) is 60.9 Å². The Hall–Kier alpha value is -3.01. The summed E-state index contributed by atoms with van der Waals surface area (Å²) in [5, 5.41) is 10.0. The molecular weight excluding hydrogens is 454 g/mol. The molecule has 3 rings (SSSR count). The number of aliphatic hydroxyl groups is 1. The SMILES string of the molecule is COc1ccc(CN(Cc2ccc(OC)cc2)S(=O)(=O)[C@@H](C)[C@@](C)(O)c2ncc(C)cn2)cc1. The van der Waals surface area contributed by atoms with Crippen LogP contribution in [0.5, 0.6) is 11.5 Å². The Morgan fingerprint density at radius 2 is 1.32 bits per heavy atom. The minimum absolute atomic E-state index is 0.0584. The summed E-state index contributed by atoms with van der Waals surface area (Å²) in [5.74, 6) is 1.42. The molecular formula is C25H31N3O5S. The first-order valence-corrected chi connectivity index (χ1v) is 12.3. The molecule has 2 aromatic carbocycles. The van der Waals surface area contributed by atoms with Crippen LogP contribution in [0.2, 0.25) is 0 Å². The first-order chi connectivity index (χ1) is 16.1. The molecule has 0 aliphatic rings. The topological polar surface area (TPSA) is 102 Å². The van der Waals surface area contributed by atoms with Crippen LogP contribution < -0.4 is 9.47 Å². The standard InChI is InChI=1S/C25H31N3O5S/c1-18-14-26-24(27-15-18)25(3,29)19(2)34(30,31)28(16-20-6-10-22(32-4)11-7-20)17-21-8-12-23(33-5)13-9-21/h6-15,19,29H,16-17H2,1-5H3/t19-,25+/m0/s1. The summed E-state index contributed by atoms with van der Waals surface area (Å²) < 4.78 is 39.4. The third-order valence-corrected chi connectivity index (χ3v) is 8.20. The van der Waals surface area contributed by atoms with Gasteiger partial charge in [0.25, 0.3) is 0 Å². The molecule has 182 valence electrons. The van der Waals surface area contributed by atoms with Gasteiger partial charge in [0.15, 0.2) is 5.82 Å². The van der Waals surface area contributed by atoms with Gasteiger partial charge in [-0.1, -0.05) is 24.3 Å². The van der Waals surface area contributed by atoms with Gasteiger partial charge in [-0.15, -0.1) is 0 Å². The summed E-state index contributed by atoms with van der Waals surface area (Å²) in [6, 6.07) is 14.4. The van der Waals surface area contributed by atoms with E-state index in [9.17, 15) is 13.5 Å². The molecule has 1 N–H and O–H groups in total. The molecule has 0 aliphatic carbocycles. The number of aryl methyl sites for hydroxylation is 1. The fraction of sp³-hybridized carbons (Fsp3) is 0.360. The van der Waals surface area contributed by atoms with Crippen molar-refractivity contribution < 1.29 is 23.0 Å². The highest BCUT2D eigenvalue weighted by Gasteiger charge is 2.44. The fourth-order valence-electron chi connectivity index (χ4n) is 3.45. The fourth-order valence-corrected chi connectivity index (χ4v) is 5.25. The smallest absolute Gasteiger partial charge is 0.220 e. The van der Waals surface area contributed by atoms with E-state index in [-0.39, 0.29) is 18.9 Å². The maximum atomic E-state index is 13.8. The molecule has 0 bridgehead atoms. The van der Waals surface area contributed by atoms with E-state index in [4.69, 9.17) is 9.47 Å². The molecule has 1 aromatic heterocycles. The highest BCUT2D eigenvalue weighted by atomic mass is 32.2. The maximum Gasteiger partial charge on any atom is 0.220 e. The Labute approximate surface area is 201 Å². The van der Waals surface area contributed by atoms with Gasteiger partial charge in [-0.25, -0.2) is 18.4 Å². The van der Waals surface area contributed by atoms with E-state index in [1.807, 2.05) is 31.2 Å². The van der Waals surface area contributed by atoms with Crippen molar-refractivity contribution in [3.8, 4) is 11.5 Å².